The molecule has 1 aromatic heterocycles. The number of methoxy groups -OCH3 is 1. The molecule has 0 radical (unpaired) electrons. The third-order valence-electron chi connectivity index (χ3n) is 4.31. The molecule has 1 unspecified atom stereocenters. The maximum absolute atomic E-state index is 5.75. The zero-order chi connectivity index (χ0) is 16.5. The molecule has 0 saturated carbocycles. The molecule has 23 heavy (non-hydrogen) atoms. The standard InChI is InChI=1S/C17H29N3O2S/c1-4-18-16(19-12-14(2)15-6-5-11-23-15)20-13-17(21-3)7-9-22-10-8-17/h5-6,11,14H,4,7-10,12-13H2,1-3H3,(H2,18,19,20). The van der Waals surface area contributed by atoms with Crippen molar-refractivity contribution in [1.82, 2.24) is 10.6 Å². The second-order valence-corrected chi connectivity index (χ2v) is 6.97. The number of hydrogen-bond donors (Lipinski definition) is 2. The van der Waals surface area contributed by atoms with E-state index in [-0.39, 0.29) is 5.60 Å². The minimum absolute atomic E-state index is 0.181. The minimum atomic E-state index is -0.181. The normalized spacial score (nSPS) is 19.3. The lowest BCUT2D eigenvalue weighted by atomic mass is 9.94. The predicted octanol–water partition coefficient (Wildman–Crippen LogP) is 2.60. The Labute approximate surface area is 143 Å². The Balaban J connectivity index is 1.91. The summed E-state index contributed by atoms with van der Waals surface area (Å²) in [5.41, 5.74) is -0.181. The number of hydrogen-bond acceptors (Lipinski definition) is 4. The smallest absolute Gasteiger partial charge is 0.191 e. The molecule has 1 aliphatic heterocycles. The summed E-state index contributed by atoms with van der Waals surface area (Å²) >= 11 is 1.80. The van der Waals surface area contributed by atoms with Crippen LogP contribution >= 0.6 is 11.3 Å². The summed E-state index contributed by atoms with van der Waals surface area (Å²) in [6.07, 6.45) is 1.80. The van der Waals surface area contributed by atoms with E-state index in [4.69, 9.17) is 14.5 Å². The first-order valence-electron chi connectivity index (χ1n) is 8.37. The Bertz CT molecular complexity index is 470. The van der Waals surface area contributed by atoms with Crippen molar-refractivity contribution in [3.8, 4) is 0 Å². The summed E-state index contributed by atoms with van der Waals surface area (Å²) in [5.74, 6) is 1.33. The van der Waals surface area contributed by atoms with E-state index in [1.807, 2.05) is 0 Å². The molecule has 0 bridgehead atoms. The molecule has 5 nitrogen and oxygen atoms in total. The lowest BCUT2D eigenvalue weighted by Crippen LogP contribution is -2.44. The molecule has 0 aromatic carbocycles. The van der Waals surface area contributed by atoms with Crippen molar-refractivity contribution in [3.05, 3.63) is 22.4 Å². The van der Waals surface area contributed by atoms with Gasteiger partial charge in [0, 0.05) is 57.0 Å². The van der Waals surface area contributed by atoms with Crippen LogP contribution in [-0.4, -0.2) is 51.5 Å². The number of rotatable bonds is 7. The number of thiophene rings is 1. The highest BCUT2D eigenvalue weighted by Gasteiger charge is 2.32. The molecule has 2 heterocycles. The van der Waals surface area contributed by atoms with E-state index >= 15 is 0 Å². The third-order valence-corrected chi connectivity index (χ3v) is 5.42. The average molecular weight is 340 g/mol. The SMILES string of the molecule is CCNC(=NCC1(OC)CCOCC1)NCC(C)c1cccs1. The molecular formula is C17H29N3O2S. The Morgan fingerprint density at radius 3 is 2.83 bits per heavy atom. The highest BCUT2D eigenvalue weighted by molar-refractivity contribution is 7.10. The molecular weight excluding hydrogens is 310 g/mol. The van der Waals surface area contributed by atoms with E-state index < -0.39 is 0 Å². The van der Waals surface area contributed by atoms with E-state index in [0.29, 0.717) is 12.5 Å². The van der Waals surface area contributed by atoms with Gasteiger partial charge in [-0.15, -0.1) is 11.3 Å². The first-order valence-corrected chi connectivity index (χ1v) is 9.25. The molecule has 1 atom stereocenters. The van der Waals surface area contributed by atoms with Crippen LogP contribution in [0.5, 0.6) is 0 Å². The van der Waals surface area contributed by atoms with Gasteiger partial charge in [-0.1, -0.05) is 13.0 Å². The van der Waals surface area contributed by atoms with Crippen LogP contribution in [0, 0.1) is 0 Å². The fourth-order valence-corrected chi connectivity index (χ4v) is 3.44. The van der Waals surface area contributed by atoms with Gasteiger partial charge in [0.15, 0.2) is 5.96 Å². The number of nitrogens with one attached hydrogen (secondary N) is 2. The first kappa shape index (κ1) is 18.2. The number of aliphatic imine (C=N–C) groups is 1. The quantitative estimate of drug-likeness (QED) is 0.592. The highest BCUT2D eigenvalue weighted by Crippen LogP contribution is 2.24. The van der Waals surface area contributed by atoms with Crippen LogP contribution in [0.25, 0.3) is 0 Å². The maximum atomic E-state index is 5.75. The zero-order valence-corrected chi connectivity index (χ0v) is 15.2. The lowest BCUT2D eigenvalue weighted by Gasteiger charge is -2.34. The third kappa shape index (κ3) is 5.48. The van der Waals surface area contributed by atoms with Crippen molar-refractivity contribution in [2.45, 2.75) is 38.2 Å². The van der Waals surface area contributed by atoms with Crippen molar-refractivity contribution in [2.75, 3.05) is 40.0 Å². The van der Waals surface area contributed by atoms with Gasteiger partial charge < -0.3 is 20.1 Å². The molecule has 2 N–H and O–H groups in total. The van der Waals surface area contributed by atoms with Gasteiger partial charge in [0.1, 0.15) is 0 Å². The van der Waals surface area contributed by atoms with Crippen LogP contribution in [0.15, 0.2) is 22.5 Å². The molecule has 1 aromatic rings. The number of nitrogens with zero attached hydrogens (tertiary/aromatic N) is 1. The molecule has 0 aliphatic carbocycles. The van der Waals surface area contributed by atoms with Gasteiger partial charge in [0.25, 0.3) is 0 Å². The van der Waals surface area contributed by atoms with E-state index in [1.54, 1.807) is 18.4 Å². The monoisotopic (exact) mass is 339 g/mol. The van der Waals surface area contributed by atoms with Gasteiger partial charge in [0.05, 0.1) is 12.1 Å². The predicted molar refractivity (Wildman–Crippen MR) is 96.5 cm³/mol. The van der Waals surface area contributed by atoms with Crippen molar-refractivity contribution in [2.24, 2.45) is 4.99 Å². The topological polar surface area (TPSA) is 54.9 Å². The molecule has 0 spiro atoms. The molecule has 1 fully saturated rings. The van der Waals surface area contributed by atoms with Crippen molar-refractivity contribution < 1.29 is 9.47 Å². The fraction of sp³-hybridized carbons (Fsp3) is 0.706. The van der Waals surface area contributed by atoms with E-state index in [1.165, 1.54) is 4.88 Å². The van der Waals surface area contributed by atoms with Gasteiger partial charge in [0.2, 0.25) is 0 Å². The van der Waals surface area contributed by atoms with E-state index in [9.17, 15) is 0 Å². The second-order valence-electron chi connectivity index (χ2n) is 5.99. The van der Waals surface area contributed by atoms with Crippen molar-refractivity contribution >= 4 is 17.3 Å². The van der Waals surface area contributed by atoms with E-state index in [2.05, 4.69) is 42.0 Å². The van der Waals surface area contributed by atoms with Crippen LogP contribution in [0.1, 0.15) is 37.5 Å². The van der Waals surface area contributed by atoms with Gasteiger partial charge in [-0.25, -0.2) is 0 Å². The number of guanidine groups is 1. The van der Waals surface area contributed by atoms with E-state index in [0.717, 1.165) is 45.1 Å². The first-order chi connectivity index (χ1) is 11.2. The fourth-order valence-electron chi connectivity index (χ4n) is 2.66. The van der Waals surface area contributed by atoms with Crippen LogP contribution in [0.4, 0.5) is 0 Å². The molecule has 1 saturated heterocycles. The molecule has 6 heteroatoms. The minimum Gasteiger partial charge on any atom is -0.381 e. The van der Waals surface area contributed by atoms with Crippen LogP contribution in [0.3, 0.4) is 0 Å². The summed E-state index contributed by atoms with van der Waals surface area (Å²) in [7, 11) is 1.78. The summed E-state index contributed by atoms with van der Waals surface area (Å²) in [6, 6.07) is 4.28. The van der Waals surface area contributed by atoms with Gasteiger partial charge in [-0.2, -0.15) is 0 Å². The number of ether oxygens (including phenoxy) is 2. The summed E-state index contributed by atoms with van der Waals surface area (Å²) in [6.45, 7) is 8.21. The summed E-state index contributed by atoms with van der Waals surface area (Å²) in [4.78, 5) is 6.15. The molecule has 2 rings (SSSR count). The Hall–Kier alpha value is -1.11. The maximum Gasteiger partial charge on any atom is 0.191 e. The zero-order valence-electron chi connectivity index (χ0n) is 14.4. The highest BCUT2D eigenvalue weighted by atomic mass is 32.1. The van der Waals surface area contributed by atoms with Crippen molar-refractivity contribution in [1.29, 1.82) is 0 Å². The van der Waals surface area contributed by atoms with Gasteiger partial charge in [-0.3, -0.25) is 4.99 Å². The van der Waals surface area contributed by atoms with Crippen LogP contribution < -0.4 is 10.6 Å². The Morgan fingerprint density at radius 2 is 2.22 bits per heavy atom. The Kier molecular flexibility index (Phi) is 7.33. The van der Waals surface area contributed by atoms with Crippen LogP contribution in [-0.2, 0) is 9.47 Å². The summed E-state index contributed by atoms with van der Waals surface area (Å²) in [5, 5.41) is 8.89. The van der Waals surface area contributed by atoms with Crippen molar-refractivity contribution in [3.63, 3.8) is 0 Å². The van der Waals surface area contributed by atoms with Gasteiger partial charge in [-0.05, 0) is 18.4 Å². The molecule has 130 valence electrons. The lowest BCUT2D eigenvalue weighted by molar-refractivity contribution is -0.0828. The average Bonchev–Trinajstić information content (AvgIpc) is 3.12. The molecule has 1 aliphatic rings. The molecule has 0 amide bonds. The largest absolute Gasteiger partial charge is 0.381 e. The van der Waals surface area contributed by atoms with Crippen LogP contribution in [0.2, 0.25) is 0 Å². The summed E-state index contributed by atoms with van der Waals surface area (Å²) < 4.78 is 11.2. The van der Waals surface area contributed by atoms with Gasteiger partial charge >= 0.3 is 0 Å². The second kappa shape index (κ2) is 9.25. The Morgan fingerprint density at radius 1 is 1.43 bits per heavy atom.